The molecule has 0 spiro atoms. The van der Waals surface area contributed by atoms with Gasteiger partial charge in [0.15, 0.2) is 0 Å². The first kappa shape index (κ1) is 13.6. The van der Waals surface area contributed by atoms with E-state index in [1.807, 2.05) is 0 Å². The van der Waals surface area contributed by atoms with Gasteiger partial charge in [-0.1, -0.05) is 13.8 Å². The summed E-state index contributed by atoms with van der Waals surface area (Å²) in [6.07, 6.45) is 0. The maximum atomic E-state index is 11.9. The Hall–Kier alpha value is -1.36. The van der Waals surface area contributed by atoms with Gasteiger partial charge in [-0.2, -0.15) is 0 Å². The van der Waals surface area contributed by atoms with E-state index >= 15 is 0 Å². The lowest BCUT2D eigenvalue weighted by atomic mass is 9.85. The number of nitrogens with one attached hydrogen (secondary N) is 2. The monoisotopic (exact) mass is 276 g/mol. The van der Waals surface area contributed by atoms with Gasteiger partial charge in [0.2, 0.25) is 0 Å². The maximum Gasteiger partial charge on any atom is 0.252 e. The van der Waals surface area contributed by atoms with Gasteiger partial charge < -0.3 is 15.2 Å². The van der Waals surface area contributed by atoms with Gasteiger partial charge in [0.05, 0.1) is 0 Å². The SMILES string of the molecule is CC(C)c1nc(N2CC3CNCC3C2(C)C)cc(=O)[nH]1. The fourth-order valence-corrected chi connectivity index (χ4v) is 3.69. The zero-order valence-corrected chi connectivity index (χ0v) is 12.7. The minimum atomic E-state index is -0.0512. The first-order chi connectivity index (χ1) is 9.39. The molecule has 0 bridgehead atoms. The molecule has 2 saturated heterocycles. The quantitative estimate of drug-likeness (QED) is 0.855. The van der Waals surface area contributed by atoms with E-state index in [2.05, 4.69) is 47.9 Å². The Bertz CT molecular complexity index is 563. The van der Waals surface area contributed by atoms with E-state index in [9.17, 15) is 4.79 Å². The van der Waals surface area contributed by atoms with Crippen LogP contribution in [-0.2, 0) is 0 Å². The van der Waals surface area contributed by atoms with Crippen LogP contribution in [0.25, 0.3) is 0 Å². The number of H-pyrrole nitrogens is 1. The van der Waals surface area contributed by atoms with Gasteiger partial charge in [0, 0.05) is 37.2 Å². The first-order valence-electron chi connectivity index (χ1n) is 7.49. The van der Waals surface area contributed by atoms with Gasteiger partial charge >= 0.3 is 0 Å². The maximum absolute atomic E-state index is 11.9. The third-order valence-electron chi connectivity index (χ3n) is 4.93. The Morgan fingerprint density at radius 1 is 1.40 bits per heavy atom. The Balaban J connectivity index is 1.99. The summed E-state index contributed by atoms with van der Waals surface area (Å²) < 4.78 is 0. The molecule has 5 heteroatoms. The second-order valence-corrected chi connectivity index (χ2v) is 6.93. The molecule has 3 rings (SSSR count). The van der Waals surface area contributed by atoms with Gasteiger partial charge in [-0.15, -0.1) is 0 Å². The molecule has 3 heterocycles. The summed E-state index contributed by atoms with van der Waals surface area (Å²) in [4.78, 5) is 21.7. The molecule has 0 amide bonds. The summed E-state index contributed by atoms with van der Waals surface area (Å²) in [7, 11) is 0. The third-order valence-corrected chi connectivity index (χ3v) is 4.93. The summed E-state index contributed by atoms with van der Waals surface area (Å²) in [5.41, 5.74) is -0.00637. The molecule has 5 nitrogen and oxygen atoms in total. The van der Waals surface area contributed by atoms with Gasteiger partial charge in [0.1, 0.15) is 11.6 Å². The van der Waals surface area contributed by atoms with Crippen LogP contribution in [0, 0.1) is 11.8 Å². The summed E-state index contributed by atoms with van der Waals surface area (Å²) in [6.45, 7) is 11.8. The lowest BCUT2D eigenvalue weighted by Crippen LogP contribution is -2.45. The van der Waals surface area contributed by atoms with Gasteiger partial charge in [-0.3, -0.25) is 4.79 Å². The van der Waals surface area contributed by atoms with Crippen molar-refractivity contribution in [3.63, 3.8) is 0 Å². The molecule has 2 unspecified atom stereocenters. The standard InChI is InChI=1S/C15H24N4O/c1-9(2)14-17-12(5-13(20)18-14)19-8-10-6-16-7-11(10)15(19,3)4/h5,9-11,16H,6-8H2,1-4H3,(H,17,18,20). The van der Waals surface area contributed by atoms with Gasteiger partial charge in [-0.05, 0) is 25.7 Å². The van der Waals surface area contributed by atoms with E-state index in [1.54, 1.807) is 6.07 Å². The summed E-state index contributed by atoms with van der Waals surface area (Å²) >= 11 is 0. The van der Waals surface area contributed by atoms with Crippen molar-refractivity contribution in [1.29, 1.82) is 0 Å². The fourth-order valence-electron chi connectivity index (χ4n) is 3.69. The van der Waals surface area contributed by atoms with Crippen molar-refractivity contribution in [2.45, 2.75) is 39.2 Å². The number of anilines is 1. The molecule has 2 N–H and O–H groups in total. The molecule has 1 aromatic rings. The molecule has 0 saturated carbocycles. The molecule has 1 aromatic heterocycles. The summed E-state index contributed by atoms with van der Waals surface area (Å²) in [5.74, 6) is 3.13. The van der Waals surface area contributed by atoms with E-state index < -0.39 is 0 Å². The van der Waals surface area contributed by atoms with Crippen molar-refractivity contribution in [1.82, 2.24) is 15.3 Å². The minimum Gasteiger partial charge on any atom is -0.351 e. The molecule has 2 fully saturated rings. The Kier molecular flexibility index (Phi) is 3.12. The van der Waals surface area contributed by atoms with Crippen LogP contribution in [0.5, 0.6) is 0 Å². The van der Waals surface area contributed by atoms with Gasteiger partial charge in [-0.25, -0.2) is 4.98 Å². The van der Waals surface area contributed by atoms with E-state index in [0.717, 1.165) is 31.3 Å². The van der Waals surface area contributed by atoms with Crippen molar-refractivity contribution >= 4 is 5.82 Å². The van der Waals surface area contributed by atoms with Crippen molar-refractivity contribution in [3.8, 4) is 0 Å². The molecule has 20 heavy (non-hydrogen) atoms. The van der Waals surface area contributed by atoms with Crippen LogP contribution < -0.4 is 15.8 Å². The predicted molar refractivity (Wildman–Crippen MR) is 80.2 cm³/mol. The van der Waals surface area contributed by atoms with Crippen molar-refractivity contribution in [3.05, 3.63) is 22.2 Å². The average Bonchev–Trinajstić information content (AvgIpc) is 2.91. The summed E-state index contributed by atoms with van der Waals surface area (Å²) in [6, 6.07) is 1.64. The predicted octanol–water partition coefficient (Wildman–Crippen LogP) is 1.33. The Morgan fingerprint density at radius 2 is 2.15 bits per heavy atom. The molecule has 0 aliphatic carbocycles. The second kappa shape index (κ2) is 4.58. The van der Waals surface area contributed by atoms with E-state index in [1.165, 1.54) is 0 Å². The number of hydrogen-bond donors (Lipinski definition) is 2. The van der Waals surface area contributed by atoms with Crippen LogP contribution in [0.3, 0.4) is 0 Å². The van der Waals surface area contributed by atoms with Crippen molar-refractivity contribution < 1.29 is 0 Å². The molecule has 0 radical (unpaired) electrons. The topological polar surface area (TPSA) is 61.0 Å². The van der Waals surface area contributed by atoms with Crippen molar-refractivity contribution in [2.75, 3.05) is 24.5 Å². The van der Waals surface area contributed by atoms with Crippen LogP contribution in [-0.4, -0.2) is 35.1 Å². The Morgan fingerprint density at radius 3 is 2.80 bits per heavy atom. The van der Waals surface area contributed by atoms with Gasteiger partial charge in [0.25, 0.3) is 5.56 Å². The highest BCUT2D eigenvalue weighted by Gasteiger charge is 2.50. The number of nitrogens with zero attached hydrogens (tertiary/aromatic N) is 2. The average molecular weight is 276 g/mol. The summed E-state index contributed by atoms with van der Waals surface area (Å²) in [5, 5.41) is 3.48. The van der Waals surface area contributed by atoms with E-state index in [4.69, 9.17) is 0 Å². The van der Waals surface area contributed by atoms with Crippen LogP contribution in [0.2, 0.25) is 0 Å². The van der Waals surface area contributed by atoms with E-state index in [-0.39, 0.29) is 17.0 Å². The van der Waals surface area contributed by atoms with Crippen LogP contribution >= 0.6 is 0 Å². The normalized spacial score (nSPS) is 28.1. The number of rotatable bonds is 2. The lowest BCUT2D eigenvalue weighted by Gasteiger charge is -2.36. The molecule has 2 atom stereocenters. The highest BCUT2D eigenvalue weighted by atomic mass is 16.1. The molecule has 2 aliphatic heterocycles. The highest BCUT2D eigenvalue weighted by molar-refractivity contribution is 5.44. The zero-order valence-electron chi connectivity index (χ0n) is 12.7. The molecule has 2 aliphatic rings. The largest absolute Gasteiger partial charge is 0.351 e. The molecular weight excluding hydrogens is 252 g/mol. The molecular formula is C15H24N4O. The minimum absolute atomic E-state index is 0.0449. The number of aromatic nitrogens is 2. The molecule has 0 aromatic carbocycles. The molecule has 110 valence electrons. The smallest absolute Gasteiger partial charge is 0.252 e. The second-order valence-electron chi connectivity index (χ2n) is 6.93. The van der Waals surface area contributed by atoms with Crippen molar-refractivity contribution in [2.24, 2.45) is 11.8 Å². The van der Waals surface area contributed by atoms with Crippen LogP contribution in [0.15, 0.2) is 10.9 Å². The van der Waals surface area contributed by atoms with E-state index in [0.29, 0.717) is 11.8 Å². The number of fused-ring (bicyclic) bond motifs is 1. The first-order valence-corrected chi connectivity index (χ1v) is 7.49. The van der Waals surface area contributed by atoms with Crippen LogP contribution in [0.4, 0.5) is 5.82 Å². The fraction of sp³-hybridized carbons (Fsp3) is 0.733. The Labute approximate surface area is 119 Å². The number of aromatic amines is 1. The highest BCUT2D eigenvalue weighted by Crippen LogP contribution is 2.42. The van der Waals surface area contributed by atoms with Crippen LogP contribution in [0.1, 0.15) is 39.4 Å². The third kappa shape index (κ3) is 2.04. The number of hydrogen-bond acceptors (Lipinski definition) is 4. The zero-order chi connectivity index (χ0) is 14.5. The lowest BCUT2D eigenvalue weighted by molar-refractivity contribution is 0.356.